The highest BCUT2D eigenvalue weighted by molar-refractivity contribution is 7.68. The maximum atomic E-state index is 11.3. The Morgan fingerprint density at radius 2 is 1.59 bits per heavy atom. The van der Waals surface area contributed by atoms with Crippen molar-refractivity contribution in [3.8, 4) is 0 Å². The molecule has 0 spiro atoms. The van der Waals surface area contributed by atoms with Gasteiger partial charge in [-0.1, -0.05) is 37.3 Å². The normalized spacial score (nSPS) is 12.0. The van der Waals surface area contributed by atoms with Crippen molar-refractivity contribution in [1.82, 2.24) is 0 Å². The van der Waals surface area contributed by atoms with Gasteiger partial charge in [-0.05, 0) is 53.1 Å². The van der Waals surface area contributed by atoms with E-state index in [1.54, 1.807) is 6.07 Å². The lowest BCUT2D eigenvalue weighted by molar-refractivity contribution is 0.388. The van der Waals surface area contributed by atoms with Crippen LogP contribution >= 0.6 is 18.9 Å². The van der Waals surface area contributed by atoms with Gasteiger partial charge in [-0.25, -0.2) is 0 Å². The molecule has 0 amide bonds. The van der Waals surface area contributed by atoms with Crippen LogP contribution < -0.4 is 4.62 Å². The Hall–Kier alpha value is -1.45. The van der Waals surface area contributed by atoms with Crippen LogP contribution in [0.4, 0.5) is 0 Å². The average Bonchev–Trinajstić information content (AvgIpc) is 2.91. The first-order valence-corrected chi connectivity index (χ1v) is 9.55. The number of hydrogen-bond acceptors (Lipinski definition) is 2. The fourth-order valence-corrected chi connectivity index (χ4v) is 4.32. The molecule has 0 unspecified atom stereocenters. The van der Waals surface area contributed by atoms with Gasteiger partial charge in [0.1, 0.15) is 4.62 Å². The zero-order valence-electron chi connectivity index (χ0n) is 12.2. The third-order valence-corrected chi connectivity index (χ3v) is 6.30. The summed E-state index contributed by atoms with van der Waals surface area (Å²) < 4.78 is 12.4. The molecule has 0 aliphatic heterocycles. The van der Waals surface area contributed by atoms with Crippen molar-refractivity contribution < 1.29 is 14.4 Å². The van der Waals surface area contributed by atoms with Gasteiger partial charge in [0.2, 0.25) is 0 Å². The van der Waals surface area contributed by atoms with Crippen LogP contribution in [0.15, 0.2) is 48.5 Å². The molecule has 0 radical (unpaired) electrons. The highest BCUT2D eigenvalue weighted by Crippen LogP contribution is 2.38. The molecule has 3 nitrogen and oxygen atoms in total. The van der Waals surface area contributed by atoms with Gasteiger partial charge in [-0.2, -0.15) is 0 Å². The predicted octanol–water partition coefficient (Wildman–Crippen LogP) is 3.86. The molecule has 114 valence electrons. The lowest BCUT2D eigenvalue weighted by Gasteiger charge is -2.04. The summed E-state index contributed by atoms with van der Waals surface area (Å²) >= 11 is 1.16. The van der Waals surface area contributed by atoms with Crippen LogP contribution in [0.2, 0.25) is 0 Å². The SMILES string of the molecule is CCc1ccc(Cc2ccc3sc(P(=O)(O)O)cc3c2)cc1. The summed E-state index contributed by atoms with van der Waals surface area (Å²) in [5.41, 5.74) is 3.71. The molecule has 1 heterocycles. The van der Waals surface area contributed by atoms with Gasteiger partial charge >= 0.3 is 7.60 Å². The second kappa shape index (κ2) is 5.98. The van der Waals surface area contributed by atoms with E-state index >= 15 is 0 Å². The standard InChI is InChI=1S/C17H17O3PS/c1-2-12-3-5-13(6-4-12)9-14-7-8-16-15(10-14)11-17(22-16)21(18,19)20/h3-8,10-11H,2,9H2,1H3,(H2,18,19,20). The number of aryl methyl sites for hydroxylation is 1. The van der Waals surface area contributed by atoms with Crippen LogP contribution in [0.1, 0.15) is 23.6 Å². The first-order valence-electron chi connectivity index (χ1n) is 7.12. The number of rotatable bonds is 4. The Balaban J connectivity index is 1.89. The summed E-state index contributed by atoms with van der Waals surface area (Å²) in [6.07, 6.45) is 1.85. The van der Waals surface area contributed by atoms with Gasteiger partial charge in [-0.15, -0.1) is 11.3 Å². The molecule has 0 aliphatic carbocycles. The first kappa shape index (κ1) is 15.4. The Morgan fingerprint density at radius 1 is 0.955 bits per heavy atom. The fourth-order valence-electron chi connectivity index (χ4n) is 2.46. The Labute approximate surface area is 133 Å². The van der Waals surface area contributed by atoms with Gasteiger partial charge in [0.05, 0.1) is 0 Å². The monoisotopic (exact) mass is 332 g/mol. The predicted molar refractivity (Wildman–Crippen MR) is 92.1 cm³/mol. The Kier molecular flexibility index (Phi) is 4.20. The Morgan fingerprint density at radius 3 is 2.23 bits per heavy atom. The van der Waals surface area contributed by atoms with Crippen LogP contribution in [0.25, 0.3) is 10.1 Å². The van der Waals surface area contributed by atoms with E-state index in [-0.39, 0.29) is 4.62 Å². The van der Waals surface area contributed by atoms with Crippen molar-refractivity contribution in [2.45, 2.75) is 19.8 Å². The summed E-state index contributed by atoms with van der Waals surface area (Å²) in [6, 6.07) is 16.1. The van der Waals surface area contributed by atoms with Crippen LogP contribution in [-0.2, 0) is 17.4 Å². The summed E-state index contributed by atoms with van der Waals surface area (Å²) in [4.78, 5) is 18.5. The van der Waals surface area contributed by atoms with Crippen molar-refractivity contribution in [1.29, 1.82) is 0 Å². The number of thiophene rings is 1. The second-order valence-electron chi connectivity index (χ2n) is 5.35. The molecule has 0 bridgehead atoms. The van der Waals surface area contributed by atoms with Crippen molar-refractivity contribution in [3.63, 3.8) is 0 Å². The van der Waals surface area contributed by atoms with Crippen molar-refractivity contribution in [2.24, 2.45) is 0 Å². The van der Waals surface area contributed by atoms with E-state index in [1.807, 2.05) is 18.2 Å². The number of fused-ring (bicyclic) bond motifs is 1. The summed E-state index contributed by atoms with van der Waals surface area (Å²) in [5.74, 6) is 0. The minimum Gasteiger partial charge on any atom is -0.320 e. The van der Waals surface area contributed by atoms with E-state index in [0.29, 0.717) is 0 Å². The Bertz CT molecular complexity index is 846. The van der Waals surface area contributed by atoms with Crippen molar-refractivity contribution in [3.05, 3.63) is 65.2 Å². The molecule has 0 fully saturated rings. The molecule has 0 saturated heterocycles. The summed E-state index contributed by atoms with van der Waals surface area (Å²) in [5, 5.41) is 0.894. The average molecular weight is 332 g/mol. The molecule has 3 aromatic rings. The van der Waals surface area contributed by atoms with E-state index in [4.69, 9.17) is 0 Å². The molecule has 1 aromatic heterocycles. The zero-order chi connectivity index (χ0) is 15.7. The zero-order valence-corrected chi connectivity index (χ0v) is 13.9. The van der Waals surface area contributed by atoms with E-state index in [9.17, 15) is 14.4 Å². The van der Waals surface area contributed by atoms with Gasteiger partial charge < -0.3 is 9.79 Å². The van der Waals surface area contributed by atoms with Gasteiger partial charge in [0.25, 0.3) is 0 Å². The quantitative estimate of drug-likeness (QED) is 0.713. The first-order chi connectivity index (χ1) is 10.5. The number of hydrogen-bond donors (Lipinski definition) is 2. The lowest BCUT2D eigenvalue weighted by Crippen LogP contribution is -1.95. The summed E-state index contributed by atoms with van der Waals surface area (Å²) in [6.45, 7) is 2.14. The van der Waals surface area contributed by atoms with E-state index in [1.165, 1.54) is 11.1 Å². The van der Waals surface area contributed by atoms with Crippen molar-refractivity contribution >= 4 is 33.6 Å². The van der Waals surface area contributed by atoms with Gasteiger partial charge in [-0.3, -0.25) is 4.57 Å². The van der Waals surface area contributed by atoms with E-state index in [2.05, 4.69) is 31.2 Å². The van der Waals surface area contributed by atoms with E-state index in [0.717, 1.165) is 39.8 Å². The molecule has 0 atom stereocenters. The molecule has 2 N–H and O–H groups in total. The number of benzene rings is 2. The largest absolute Gasteiger partial charge is 0.366 e. The lowest BCUT2D eigenvalue weighted by atomic mass is 10.0. The van der Waals surface area contributed by atoms with Gasteiger partial charge in [0, 0.05) is 4.70 Å². The molecule has 0 saturated carbocycles. The second-order valence-corrected chi connectivity index (χ2v) is 8.30. The smallest absolute Gasteiger partial charge is 0.320 e. The maximum absolute atomic E-state index is 11.3. The molecule has 3 rings (SSSR count). The minimum atomic E-state index is -4.16. The highest BCUT2D eigenvalue weighted by atomic mass is 32.1. The molecular weight excluding hydrogens is 315 g/mol. The van der Waals surface area contributed by atoms with Gasteiger partial charge in [0.15, 0.2) is 0 Å². The topological polar surface area (TPSA) is 57.5 Å². The third-order valence-electron chi connectivity index (χ3n) is 3.69. The maximum Gasteiger partial charge on any atom is 0.366 e. The molecule has 2 aromatic carbocycles. The highest BCUT2D eigenvalue weighted by Gasteiger charge is 2.20. The fraction of sp³-hybridized carbons (Fsp3) is 0.176. The molecule has 0 aliphatic rings. The van der Waals surface area contributed by atoms with Crippen LogP contribution in [-0.4, -0.2) is 9.79 Å². The third kappa shape index (κ3) is 3.31. The summed E-state index contributed by atoms with van der Waals surface area (Å²) in [7, 11) is -4.16. The van der Waals surface area contributed by atoms with Crippen LogP contribution in [0, 0.1) is 0 Å². The molecule has 5 heteroatoms. The molecule has 22 heavy (non-hydrogen) atoms. The van der Waals surface area contributed by atoms with E-state index < -0.39 is 7.60 Å². The van der Waals surface area contributed by atoms with Crippen molar-refractivity contribution in [2.75, 3.05) is 0 Å². The van der Waals surface area contributed by atoms with Crippen LogP contribution in [0.5, 0.6) is 0 Å². The minimum absolute atomic E-state index is 0.131. The van der Waals surface area contributed by atoms with Crippen LogP contribution in [0.3, 0.4) is 0 Å². The molecular formula is C17H17O3PS.